The molecule has 0 aliphatic heterocycles. The molecule has 1 aliphatic carbocycles. The summed E-state index contributed by atoms with van der Waals surface area (Å²) in [6, 6.07) is 2.36. The molecule has 0 unspecified atom stereocenters. The third kappa shape index (κ3) is 3.47. The number of nitrogens with two attached hydrogens (primary N) is 1. The first-order chi connectivity index (χ1) is 8.31. The van der Waals surface area contributed by atoms with Crippen LogP contribution in [0, 0.1) is 0 Å². The minimum absolute atomic E-state index is 0.527. The van der Waals surface area contributed by atoms with Crippen LogP contribution in [-0.2, 0) is 0 Å². The van der Waals surface area contributed by atoms with Crippen LogP contribution in [0.4, 0.5) is 11.6 Å². The fourth-order valence-electron chi connectivity index (χ4n) is 2.17. The molecule has 1 heterocycles. The Morgan fingerprint density at radius 1 is 1.24 bits per heavy atom. The SMILES string of the molecule is CSC1CCC(Nc2cc(NN)ncn2)CC1. The van der Waals surface area contributed by atoms with Gasteiger partial charge in [0.2, 0.25) is 0 Å². The summed E-state index contributed by atoms with van der Waals surface area (Å²) in [6.45, 7) is 0. The highest BCUT2D eigenvalue weighted by Gasteiger charge is 2.20. The highest BCUT2D eigenvalue weighted by Crippen LogP contribution is 2.28. The zero-order valence-electron chi connectivity index (χ0n) is 10.0. The molecule has 2 rings (SSSR count). The summed E-state index contributed by atoms with van der Waals surface area (Å²) in [6.07, 6.45) is 8.70. The van der Waals surface area contributed by atoms with Crippen LogP contribution in [0.2, 0.25) is 0 Å². The lowest BCUT2D eigenvalue weighted by Crippen LogP contribution is -2.27. The van der Waals surface area contributed by atoms with Gasteiger partial charge in [-0.15, -0.1) is 0 Å². The summed E-state index contributed by atoms with van der Waals surface area (Å²) < 4.78 is 0. The van der Waals surface area contributed by atoms with E-state index in [2.05, 4.69) is 27.0 Å². The van der Waals surface area contributed by atoms with Gasteiger partial charge >= 0.3 is 0 Å². The molecule has 0 atom stereocenters. The van der Waals surface area contributed by atoms with Gasteiger partial charge in [0, 0.05) is 17.4 Å². The predicted molar refractivity (Wildman–Crippen MR) is 73.0 cm³/mol. The zero-order valence-corrected chi connectivity index (χ0v) is 10.8. The van der Waals surface area contributed by atoms with Crippen LogP contribution in [0.25, 0.3) is 0 Å². The van der Waals surface area contributed by atoms with Gasteiger partial charge in [-0.3, -0.25) is 0 Å². The molecule has 1 aromatic rings. The Kier molecular flexibility index (Phi) is 4.44. The maximum atomic E-state index is 5.32. The van der Waals surface area contributed by atoms with E-state index < -0.39 is 0 Å². The molecule has 0 amide bonds. The van der Waals surface area contributed by atoms with E-state index in [0.29, 0.717) is 11.9 Å². The fourth-order valence-corrected chi connectivity index (χ4v) is 2.91. The molecule has 1 aliphatic rings. The van der Waals surface area contributed by atoms with E-state index in [1.54, 1.807) is 0 Å². The molecule has 1 saturated carbocycles. The second-order valence-corrected chi connectivity index (χ2v) is 5.42. The van der Waals surface area contributed by atoms with E-state index in [1.807, 2.05) is 17.8 Å². The maximum Gasteiger partial charge on any atom is 0.145 e. The van der Waals surface area contributed by atoms with E-state index in [9.17, 15) is 0 Å². The Hall–Kier alpha value is -1.01. The second kappa shape index (κ2) is 6.07. The third-order valence-corrected chi connectivity index (χ3v) is 4.31. The van der Waals surface area contributed by atoms with E-state index in [0.717, 1.165) is 11.1 Å². The first kappa shape index (κ1) is 12.4. The van der Waals surface area contributed by atoms with E-state index in [-0.39, 0.29) is 0 Å². The van der Waals surface area contributed by atoms with Crippen LogP contribution in [0.15, 0.2) is 12.4 Å². The number of anilines is 2. The number of hydrazine groups is 1. The van der Waals surface area contributed by atoms with Crippen LogP contribution >= 0.6 is 11.8 Å². The standard InChI is InChI=1S/C11H19N5S/c1-17-9-4-2-8(3-5-9)15-10-6-11(16-12)14-7-13-10/h6-9H,2-5,12H2,1H3,(H2,13,14,15,16). The molecule has 94 valence electrons. The van der Waals surface area contributed by atoms with E-state index in [1.165, 1.54) is 32.0 Å². The first-order valence-electron chi connectivity index (χ1n) is 5.90. The minimum Gasteiger partial charge on any atom is -0.367 e. The van der Waals surface area contributed by atoms with Crippen LogP contribution in [0.1, 0.15) is 25.7 Å². The summed E-state index contributed by atoms with van der Waals surface area (Å²) in [4.78, 5) is 8.18. The molecular formula is C11H19N5S. The highest BCUT2D eigenvalue weighted by atomic mass is 32.2. The van der Waals surface area contributed by atoms with Crippen molar-refractivity contribution in [3.05, 3.63) is 12.4 Å². The van der Waals surface area contributed by atoms with Gasteiger partial charge in [0.1, 0.15) is 18.0 Å². The van der Waals surface area contributed by atoms with Crippen molar-refractivity contribution in [2.24, 2.45) is 5.84 Å². The van der Waals surface area contributed by atoms with Gasteiger partial charge < -0.3 is 10.7 Å². The average molecular weight is 253 g/mol. The lowest BCUT2D eigenvalue weighted by atomic mass is 9.95. The number of hydrogen-bond acceptors (Lipinski definition) is 6. The van der Waals surface area contributed by atoms with Crippen molar-refractivity contribution in [3.63, 3.8) is 0 Å². The van der Waals surface area contributed by atoms with E-state index >= 15 is 0 Å². The van der Waals surface area contributed by atoms with E-state index in [4.69, 9.17) is 5.84 Å². The van der Waals surface area contributed by atoms with Crippen LogP contribution in [0.3, 0.4) is 0 Å². The fraction of sp³-hybridized carbons (Fsp3) is 0.636. The van der Waals surface area contributed by atoms with Crippen molar-refractivity contribution >= 4 is 23.4 Å². The summed E-state index contributed by atoms with van der Waals surface area (Å²) in [5, 5.41) is 4.28. The van der Waals surface area contributed by atoms with Crippen LogP contribution in [0.5, 0.6) is 0 Å². The second-order valence-electron chi connectivity index (χ2n) is 4.29. The van der Waals surface area contributed by atoms with Gasteiger partial charge in [0.15, 0.2) is 0 Å². The number of hydrogen-bond donors (Lipinski definition) is 3. The van der Waals surface area contributed by atoms with Gasteiger partial charge in [-0.2, -0.15) is 11.8 Å². The molecule has 1 aromatic heterocycles. The summed E-state index contributed by atoms with van der Waals surface area (Å²) in [7, 11) is 0. The van der Waals surface area contributed by atoms with Crippen molar-refractivity contribution in [1.82, 2.24) is 9.97 Å². The van der Waals surface area contributed by atoms with Crippen molar-refractivity contribution < 1.29 is 0 Å². The summed E-state index contributed by atoms with van der Waals surface area (Å²) >= 11 is 1.98. The maximum absolute atomic E-state index is 5.32. The van der Waals surface area contributed by atoms with Crippen LogP contribution < -0.4 is 16.6 Å². The Balaban J connectivity index is 1.88. The quantitative estimate of drug-likeness (QED) is 0.561. The van der Waals surface area contributed by atoms with Gasteiger partial charge in [0.25, 0.3) is 0 Å². The molecule has 17 heavy (non-hydrogen) atoms. The van der Waals surface area contributed by atoms with Crippen molar-refractivity contribution in [2.75, 3.05) is 17.0 Å². The molecule has 0 radical (unpaired) electrons. The number of nitrogens with one attached hydrogen (secondary N) is 2. The number of nitrogen functional groups attached to an aromatic ring is 1. The van der Waals surface area contributed by atoms with Crippen molar-refractivity contribution in [1.29, 1.82) is 0 Å². The van der Waals surface area contributed by atoms with Crippen molar-refractivity contribution in [3.8, 4) is 0 Å². The minimum atomic E-state index is 0.527. The zero-order chi connectivity index (χ0) is 12.1. The largest absolute Gasteiger partial charge is 0.367 e. The Morgan fingerprint density at radius 3 is 2.59 bits per heavy atom. The van der Waals surface area contributed by atoms with Gasteiger partial charge in [0.05, 0.1) is 0 Å². The van der Waals surface area contributed by atoms with Gasteiger partial charge in [-0.1, -0.05) is 0 Å². The summed E-state index contributed by atoms with van der Waals surface area (Å²) in [5.41, 5.74) is 2.53. The lowest BCUT2D eigenvalue weighted by molar-refractivity contribution is 0.472. The molecule has 0 bridgehead atoms. The first-order valence-corrected chi connectivity index (χ1v) is 7.18. The predicted octanol–water partition coefficient (Wildman–Crippen LogP) is 1.85. The Bertz CT molecular complexity index is 351. The smallest absolute Gasteiger partial charge is 0.145 e. The molecule has 0 aromatic carbocycles. The number of thioether (sulfide) groups is 1. The number of nitrogens with zero attached hydrogens (tertiary/aromatic N) is 2. The topological polar surface area (TPSA) is 75.9 Å². The molecule has 4 N–H and O–H groups in total. The Labute approximate surface area is 106 Å². The molecule has 1 fully saturated rings. The monoisotopic (exact) mass is 253 g/mol. The number of rotatable bonds is 4. The molecule has 0 saturated heterocycles. The normalized spacial score (nSPS) is 24.4. The molecular weight excluding hydrogens is 234 g/mol. The lowest BCUT2D eigenvalue weighted by Gasteiger charge is -2.28. The number of aromatic nitrogens is 2. The van der Waals surface area contributed by atoms with Gasteiger partial charge in [-0.05, 0) is 31.9 Å². The Morgan fingerprint density at radius 2 is 1.94 bits per heavy atom. The summed E-state index contributed by atoms with van der Waals surface area (Å²) in [5.74, 6) is 6.80. The van der Waals surface area contributed by atoms with Crippen molar-refractivity contribution in [2.45, 2.75) is 37.0 Å². The third-order valence-electron chi connectivity index (χ3n) is 3.17. The highest BCUT2D eigenvalue weighted by molar-refractivity contribution is 7.99. The van der Waals surface area contributed by atoms with Gasteiger partial charge in [-0.25, -0.2) is 15.8 Å². The molecule has 5 nitrogen and oxygen atoms in total. The van der Waals surface area contributed by atoms with Crippen LogP contribution in [-0.4, -0.2) is 27.5 Å². The molecule has 0 spiro atoms. The molecule has 6 heteroatoms. The average Bonchev–Trinajstić information content (AvgIpc) is 2.40.